The van der Waals surface area contributed by atoms with Gasteiger partial charge in [-0.25, -0.2) is 0 Å². The summed E-state index contributed by atoms with van der Waals surface area (Å²) in [7, 11) is 0. The summed E-state index contributed by atoms with van der Waals surface area (Å²) < 4.78 is 4.67. The van der Waals surface area contributed by atoms with Gasteiger partial charge in [-0.3, -0.25) is 0 Å². The molecule has 0 aromatic rings. The van der Waals surface area contributed by atoms with Crippen molar-refractivity contribution in [3.63, 3.8) is 0 Å². The van der Waals surface area contributed by atoms with E-state index in [9.17, 15) is 0 Å². The highest BCUT2D eigenvalue weighted by atomic mass is 16.6. The summed E-state index contributed by atoms with van der Waals surface area (Å²) in [5.41, 5.74) is 0. The fraction of sp³-hybridized carbons (Fsp3) is 1.00. The fourth-order valence-electron chi connectivity index (χ4n) is 1.04. The monoisotopic (exact) mass is 164 g/mol. The molecule has 5 heteroatoms. The van der Waals surface area contributed by atoms with Gasteiger partial charge >= 0.3 is 0 Å². The first kappa shape index (κ1) is 8.89. The van der Waals surface area contributed by atoms with Crippen LogP contribution in [0.2, 0.25) is 0 Å². The van der Waals surface area contributed by atoms with Gasteiger partial charge in [0.25, 0.3) is 0 Å². The Labute approximate surface area is 63.8 Å². The van der Waals surface area contributed by atoms with Crippen molar-refractivity contribution in [3.05, 3.63) is 0 Å². The first-order chi connectivity index (χ1) is 5.15. The van der Waals surface area contributed by atoms with Gasteiger partial charge in [-0.2, -0.15) is 0 Å². The molecule has 5 nitrogen and oxygen atoms in total. The average Bonchev–Trinajstić information content (AvgIpc) is 1.97. The van der Waals surface area contributed by atoms with Gasteiger partial charge in [0.1, 0.15) is 12.2 Å². The molecule has 0 aromatic carbocycles. The van der Waals surface area contributed by atoms with Crippen LogP contribution >= 0.6 is 0 Å². The second kappa shape index (κ2) is 3.46. The molecule has 0 aromatic heterocycles. The lowest BCUT2D eigenvalue weighted by atomic mass is 10.0. The average molecular weight is 164 g/mol. The molecule has 1 aliphatic heterocycles. The largest absolute Gasteiger partial charge is 0.394 e. The van der Waals surface area contributed by atoms with Crippen LogP contribution in [-0.2, 0) is 4.74 Å². The lowest BCUT2D eigenvalue weighted by Gasteiger charge is -2.33. The molecular weight excluding hydrogens is 152 g/mol. The SMILES string of the molecule is OCC1O[C@@H](O)C(O)C[C@H]1O. The number of ether oxygens (including phenoxy) is 1. The molecule has 0 amide bonds. The summed E-state index contributed by atoms with van der Waals surface area (Å²) >= 11 is 0. The molecule has 1 rings (SSSR count). The van der Waals surface area contributed by atoms with E-state index < -0.39 is 24.6 Å². The van der Waals surface area contributed by atoms with Gasteiger partial charge in [0.15, 0.2) is 6.29 Å². The lowest BCUT2D eigenvalue weighted by Crippen LogP contribution is -2.48. The maximum absolute atomic E-state index is 9.10. The second-order valence-electron chi connectivity index (χ2n) is 2.62. The molecular formula is C6H12O5. The van der Waals surface area contributed by atoms with Gasteiger partial charge in [-0.1, -0.05) is 0 Å². The van der Waals surface area contributed by atoms with Gasteiger partial charge in [0, 0.05) is 6.42 Å². The molecule has 4 atom stereocenters. The molecule has 0 saturated carbocycles. The zero-order chi connectivity index (χ0) is 8.43. The van der Waals surface area contributed by atoms with Crippen molar-refractivity contribution in [2.75, 3.05) is 6.61 Å². The smallest absolute Gasteiger partial charge is 0.181 e. The first-order valence-electron chi connectivity index (χ1n) is 3.45. The highest BCUT2D eigenvalue weighted by molar-refractivity contribution is 4.79. The predicted octanol–water partition coefficient (Wildman–Crippen LogP) is -2.19. The molecule has 1 heterocycles. The molecule has 0 spiro atoms. The van der Waals surface area contributed by atoms with Crippen LogP contribution in [0.5, 0.6) is 0 Å². The van der Waals surface area contributed by atoms with E-state index in [2.05, 4.69) is 4.74 Å². The highest BCUT2D eigenvalue weighted by Gasteiger charge is 2.34. The quantitative estimate of drug-likeness (QED) is 0.353. The molecule has 0 radical (unpaired) electrons. The summed E-state index contributed by atoms with van der Waals surface area (Å²) in [6.45, 7) is -0.356. The number of hydrogen-bond acceptors (Lipinski definition) is 5. The van der Waals surface area contributed by atoms with Gasteiger partial charge in [0.2, 0.25) is 0 Å². The Bertz CT molecular complexity index is 128. The van der Waals surface area contributed by atoms with Crippen molar-refractivity contribution < 1.29 is 25.2 Å². The summed E-state index contributed by atoms with van der Waals surface area (Å²) in [4.78, 5) is 0. The summed E-state index contributed by atoms with van der Waals surface area (Å²) in [6, 6.07) is 0. The predicted molar refractivity (Wildman–Crippen MR) is 34.6 cm³/mol. The van der Waals surface area contributed by atoms with Crippen LogP contribution in [0.1, 0.15) is 6.42 Å². The number of rotatable bonds is 1. The van der Waals surface area contributed by atoms with Crippen LogP contribution in [0.4, 0.5) is 0 Å². The van der Waals surface area contributed by atoms with Gasteiger partial charge in [0.05, 0.1) is 12.7 Å². The van der Waals surface area contributed by atoms with E-state index in [1.165, 1.54) is 0 Å². The molecule has 4 N–H and O–H groups in total. The standard InChI is InChI=1S/C6H12O5/c7-2-5-3(8)1-4(9)6(10)11-5/h3-10H,1-2H2/t3-,4?,5?,6-/m1/s1. The van der Waals surface area contributed by atoms with E-state index in [-0.39, 0.29) is 13.0 Å². The summed E-state index contributed by atoms with van der Waals surface area (Å²) in [5.74, 6) is 0. The van der Waals surface area contributed by atoms with Crippen molar-refractivity contribution in [2.24, 2.45) is 0 Å². The van der Waals surface area contributed by atoms with Crippen molar-refractivity contribution in [3.8, 4) is 0 Å². The van der Waals surface area contributed by atoms with Crippen LogP contribution in [0.15, 0.2) is 0 Å². The van der Waals surface area contributed by atoms with Crippen molar-refractivity contribution >= 4 is 0 Å². The van der Waals surface area contributed by atoms with E-state index in [1.807, 2.05) is 0 Å². The minimum atomic E-state index is -1.30. The topological polar surface area (TPSA) is 90.2 Å². The Morgan fingerprint density at radius 1 is 1.18 bits per heavy atom. The molecule has 66 valence electrons. The molecule has 1 saturated heterocycles. The van der Waals surface area contributed by atoms with Crippen LogP contribution in [0, 0.1) is 0 Å². The second-order valence-corrected chi connectivity index (χ2v) is 2.62. The molecule has 1 aliphatic rings. The molecule has 2 unspecified atom stereocenters. The van der Waals surface area contributed by atoms with Gasteiger partial charge in [-0.05, 0) is 0 Å². The molecule has 0 aliphatic carbocycles. The lowest BCUT2D eigenvalue weighted by molar-refractivity contribution is -0.251. The fourth-order valence-corrected chi connectivity index (χ4v) is 1.04. The number of aliphatic hydroxyl groups excluding tert-OH is 4. The summed E-state index contributed by atoms with van der Waals surface area (Å²) in [5, 5.41) is 35.5. The van der Waals surface area contributed by atoms with Crippen molar-refractivity contribution in [1.82, 2.24) is 0 Å². The zero-order valence-electron chi connectivity index (χ0n) is 5.92. The van der Waals surface area contributed by atoms with Crippen LogP contribution in [0.25, 0.3) is 0 Å². The van der Waals surface area contributed by atoms with E-state index in [4.69, 9.17) is 20.4 Å². The Balaban J connectivity index is 2.48. The van der Waals surface area contributed by atoms with Gasteiger partial charge in [-0.15, -0.1) is 0 Å². The Kier molecular flexibility index (Phi) is 2.80. The minimum absolute atomic E-state index is 0.0341. The van der Waals surface area contributed by atoms with Gasteiger partial charge < -0.3 is 25.2 Å². The van der Waals surface area contributed by atoms with E-state index in [0.29, 0.717) is 0 Å². The highest BCUT2D eigenvalue weighted by Crippen LogP contribution is 2.18. The van der Waals surface area contributed by atoms with Crippen LogP contribution < -0.4 is 0 Å². The normalized spacial score (nSPS) is 45.8. The minimum Gasteiger partial charge on any atom is -0.394 e. The summed E-state index contributed by atoms with van der Waals surface area (Å²) in [6.07, 6.45) is -4.01. The molecule has 1 fully saturated rings. The Morgan fingerprint density at radius 3 is 2.36 bits per heavy atom. The zero-order valence-corrected chi connectivity index (χ0v) is 5.92. The van der Waals surface area contributed by atoms with Crippen molar-refractivity contribution in [2.45, 2.75) is 31.0 Å². The first-order valence-corrected chi connectivity index (χ1v) is 3.45. The van der Waals surface area contributed by atoms with Crippen LogP contribution in [0.3, 0.4) is 0 Å². The third kappa shape index (κ3) is 1.88. The number of hydrogen-bond donors (Lipinski definition) is 4. The maximum atomic E-state index is 9.10. The third-order valence-corrected chi connectivity index (χ3v) is 1.74. The number of aliphatic hydroxyl groups is 4. The van der Waals surface area contributed by atoms with Crippen molar-refractivity contribution in [1.29, 1.82) is 0 Å². The van der Waals surface area contributed by atoms with E-state index in [1.54, 1.807) is 0 Å². The molecule has 11 heavy (non-hydrogen) atoms. The Hall–Kier alpha value is -0.200. The molecule has 0 bridgehead atoms. The van der Waals surface area contributed by atoms with E-state index in [0.717, 1.165) is 0 Å². The van der Waals surface area contributed by atoms with Crippen LogP contribution in [-0.4, -0.2) is 51.6 Å². The van der Waals surface area contributed by atoms with E-state index >= 15 is 0 Å². The maximum Gasteiger partial charge on any atom is 0.181 e. The Morgan fingerprint density at radius 2 is 1.82 bits per heavy atom. The third-order valence-electron chi connectivity index (χ3n) is 1.74.